The quantitative estimate of drug-likeness (QED) is 0.621. The first-order chi connectivity index (χ1) is 12.4. The summed E-state index contributed by atoms with van der Waals surface area (Å²) in [4.78, 5) is 20.0. The monoisotopic (exact) mass is 371 g/mol. The van der Waals surface area contributed by atoms with Crippen LogP contribution >= 0.6 is 11.8 Å². The second kappa shape index (κ2) is 8.97. The first-order valence-electron chi connectivity index (χ1n) is 7.77. The molecule has 0 fully saturated rings. The van der Waals surface area contributed by atoms with Crippen LogP contribution < -0.4 is 11.1 Å². The van der Waals surface area contributed by atoms with E-state index in [0.29, 0.717) is 28.4 Å². The molecule has 2 rings (SSSR count). The van der Waals surface area contributed by atoms with Crippen LogP contribution in [0.3, 0.4) is 0 Å². The Hall–Kier alpha value is -2.92. The van der Waals surface area contributed by atoms with Gasteiger partial charge in [0.25, 0.3) is 5.91 Å². The van der Waals surface area contributed by atoms with E-state index in [1.54, 1.807) is 13.1 Å². The lowest BCUT2D eigenvalue weighted by Gasteiger charge is -2.13. The number of nitrogens with zero attached hydrogens (tertiary/aromatic N) is 3. The molecule has 0 spiro atoms. The van der Waals surface area contributed by atoms with E-state index in [2.05, 4.69) is 15.3 Å². The molecule has 1 unspecified atom stereocenters. The van der Waals surface area contributed by atoms with Crippen LogP contribution in [0.25, 0.3) is 0 Å². The fourth-order valence-electron chi connectivity index (χ4n) is 2.21. The molecule has 1 aromatic heterocycles. The molecule has 0 aliphatic rings. The van der Waals surface area contributed by atoms with E-state index in [1.165, 1.54) is 42.2 Å². The Morgan fingerprint density at radius 3 is 2.85 bits per heavy atom. The second-order valence-electron chi connectivity index (χ2n) is 5.50. The molecule has 1 aromatic carbocycles. The number of hydrogen-bond donors (Lipinski definition) is 2. The van der Waals surface area contributed by atoms with Crippen molar-refractivity contribution in [3.8, 4) is 6.07 Å². The topological polar surface area (TPSA) is 104 Å². The summed E-state index contributed by atoms with van der Waals surface area (Å²) in [5.41, 5.74) is 7.16. The Morgan fingerprint density at radius 2 is 2.23 bits per heavy atom. The molecule has 0 aliphatic carbocycles. The molecular weight excluding hydrogens is 353 g/mol. The van der Waals surface area contributed by atoms with Crippen molar-refractivity contribution in [1.82, 2.24) is 4.98 Å². The maximum absolute atomic E-state index is 14.1. The van der Waals surface area contributed by atoms with Crippen molar-refractivity contribution in [3.05, 3.63) is 59.2 Å². The Kier molecular flexibility index (Phi) is 6.69. The molecule has 0 saturated carbocycles. The van der Waals surface area contributed by atoms with Crippen molar-refractivity contribution in [2.45, 2.75) is 18.6 Å². The van der Waals surface area contributed by atoms with Crippen LogP contribution in [0.4, 0.5) is 10.1 Å². The smallest absolute Gasteiger partial charge is 0.274 e. The number of aromatic nitrogens is 1. The predicted octanol–water partition coefficient (Wildman–Crippen LogP) is 2.95. The van der Waals surface area contributed by atoms with E-state index in [-0.39, 0.29) is 16.8 Å². The van der Waals surface area contributed by atoms with Gasteiger partial charge in [-0.2, -0.15) is 5.26 Å². The van der Waals surface area contributed by atoms with Crippen LogP contribution in [0.15, 0.2) is 41.5 Å². The third-order valence-electron chi connectivity index (χ3n) is 3.48. The van der Waals surface area contributed by atoms with E-state index in [1.807, 2.05) is 13.0 Å². The number of nitriles is 1. The van der Waals surface area contributed by atoms with Gasteiger partial charge in [-0.15, -0.1) is 0 Å². The number of carbonyl (C=O) groups is 1. The zero-order valence-corrected chi connectivity index (χ0v) is 15.2. The molecule has 0 aliphatic heterocycles. The molecule has 1 amide bonds. The van der Waals surface area contributed by atoms with E-state index < -0.39 is 5.91 Å². The molecule has 8 heteroatoms. The third-order valence-corrected chi connectivity index (χ3v) is 4.47. The number of aliphatic imine (C=N–C) groups is 1. The lowest BCUT2D eigenvalue weighted by Crippen LogP contribution is -2.15. The number of nitrogens with two attached hydrogens (primary N) is 1. The highest BCUT2D eigenvalue weighted by atomic mass is 32.2. The van der Waals surface area contributed by atoms with Gasteiger partial charge >= 0.3 is 0 Å². The highest BCUT2D eigenvalue weighted by Gasteiger charge is 2.13. The molecule has 2 aromatic rings. The van der Waals surface area contributed by atoms with Gasteiger partial charge in [-0.1, -0.05) is 18.7 Å². The van der Waals surface area contributed by atoms with Gasteiger partial charge in [-0.05, 0) is 42.3 Å². The molecule has 0 radical (unpaired) electrons. The summed E-state index contributed by atoms with van der Waals surface area (Å²) in [6.07, 6.45) is 1.76. The van der Waals surface area contributed by atoms with Gasteiger partial charge in [-0.25, -0.2) is 9.37 Å². The third kappa shape index (κ3) is 5.29. The average Bonchev–Trinajstić information content (AvgIpc) is 2.64. The molecule has 0 bridgehead atoms. The standard InChI is InChI=1S/C18H18FN5OS/c1-11(26-18(21)22-2)7-13-8-14(4-5-15(13)19)24-17(25)16-6-3-12(9-20)10-23-16/h3-6,8,10-11H,7H2,1-2H3,(H2,21,22)(H,24,25). The lowest BCUT2D eigenvalue weighted by molar-refractivity contribution is 0.102. The Labute approximate surface area is 155 Å². The minimum Gasteiger partial charge on any atom is -0.379 e. The maximum Gasteiger partial charge on any atom is 0.274 e. The Morgan fingerprint density at radius 1 is 1.46 bits per heavy atom. The van der Waals surface area contributed by atoms with Crippen LogP contribution in [0.5, 0.6) is 0 Å². The van der Waals surface area contributed by atoms with Crippen molar-refractivity contribution >= 4 is 28.5 Å². The van der Waals surface area contributed by atoms with Crippen LogP contribution in [0.1, 0.15) is 28.5 Å². The summed E-state index contributed by atoms with van der Waals surface area (Å²) in [5.74, 6) is -0.782. The zero-order valence-electron chi connectivity index (χ0n) is 14.4. The number of carbonyl (C=O) groups excluding carboxylic acids is 1. The van der Waals surface area contributed by atoms with Crippen molar-refractivity contribution in [2.75, 3.05) is 12.4 Å². The van der Waals surface area contributed by atoms with Gasteiger partial charge in [0, 0.05) is 24.2 Å². The number of benzene rings is 1. The highest BCUT2D eigenvalue weighted by molar-refractivity contribution is 8.14. The molecule has 0 saturated heterocycles. The Balaban J connectivity index is 2.10. The van der Waals surface area contributed by atoms with Crippen molar-refractivity contribution in [2.24, 2.45) is 10.7 Å². The normalized spacial score (nSPS) is 12.3. The minimum absolute atomic E-state index is 0.0272. The fourth-order valence-corrected chi connectivity index (χ4v) is 2.99. The second-order valence-corrected chi connectivity index (χ2v) is 6.96. The van der Waals surface area contributed by atoms with E-state index in [9.17, 15) is 9.18 Å². The molecular formula is C18H18FN5OS. The van der Waals surface area contributed by atoms with Crippen molar-refractivity contribution in [1.29, 1.82) is 5.26 Å². The zero-order chi connectivity index (χ0) is 19.1. The first-order valence-corrected chi connectivity index (χ1v) is 8.65. The van der Waals surface area contributed by atoms with E-state index in [4.69, 9.17) is 11.0 Å². The highest BCUT2D eigenvalue weighted by Crippen LogP contribution is 2.21. The number of rotatable bonds is 5. The van der Waals surface area contributed by atoms with Crippen molar-refractivity contribution in [3.63, 3.8) is 0 Å². The maximum atomic E-state index is 14.1. The fraction of sp³-hybridized carbons (Fsp3) is 0.222. The van der Waals surface area contributed by atoms with Gasteiger partial charge in [0.2, 0.25) is 0 Å². The largest absolute Gasteiger partial charge is 0.379 e. The number of amidine groups is 1. The average molecular weight is 371 g/mol. The summed E-state index contributed by atoms with van der Waals surface area (Å²) in [6.45, 7) is 1.92. The molecule has 26 heavy (non-hydrogen) atoms. The number of nitrogens with one attached hydrogen (secondary N) is 1. The predicted molar refractivity (Wildman–Crippen MR) is 102 cm³/mol. The van der Waals surface area contributed by atoms with E-state index >= 15 is 0 Å². The number of hydrogen-bond acceptors (Lipinski definition) is 5. The molecule has 1 heterocycles. The molecule has 134 valence electrons. The first kappa shape index (κ1) is 19.4. The van der Waals surface area contributed by atoms with Gasteiger partial charge in [0.15, 0.2) is 5.17 Å². The SMILES string of the molecule is CN=C(N)SC(C)Cc1cc(NC(=O)c2ccc(C#N)cn2)ccc1F. The van der Waals surface area contributed by atoms with Gasteiger partial charge in [0.05, 0.1) is 5.56 Å². The summed E-state index contributed by atoms with van der Waals surface area (Å²) in [6, 6.07) is 9.30. The number of thioether (sulfide) groups is 1. The summed E-state index contributed by atoms with van der Waals surface area (Å²) >= 11 is 1.36. The van der Waals surface area contributed by atoms with Crippen LogP contribution in [-0.4, -0.2) is 28.4 Å². The van der Waals surface area contributed by atoms with Gasteiger partial charge in [0.1, 0.15) is 17.6 Å². The van der Waals surface area contributed by atoms with Gasteiger partial charge in [-0.3, -0.25) is 9.79 Å². The van der Waals surface area contributed by atoms with Crippen LogP contribution in [0.2, 0.25) is 0 Å². The van der Waals surface area contributed by atoms with Gasteiger partial charge < -0.3 is 11.1 Å². The number of anilines is 1. The summed E-state index contributed by atoms with van der Waals surface area (Å²) in [5, 5.41) is 11.9. The molecule has 6 nitrogen and oxygen atoms in total. The number of halogens is 1. The van der Waals surface area contributed by atoms with E-state index in [0.717, 1.165) is 0 Å². The van der Waals surface area contributed by atoms with Crippen LogP contribution in [0, 0.1) is 17.1 Å². The lowest BCUT2D eigenvalue weighted by atomic mass is 10.1. The van der Waals surface area contributed by atoms with Crippen molar-refractivity contribution < 1.29 is 9.18 Å². The minimum atomic E-state index is -0.433. The van der Waals surface area contributed by atoms with Crippen LogP contribution in [-0.2, 0) is 6.42 Å². The molecule has 1 atom stereocenters. The number of amides is 1. The molecule has 3 N–H and O–H groups in total. The summed E-state index contributed by atoms with van der Waals surface area (Å²) < 4.78 is 14.1. The number of pyridine rings is 1. The Bertz CT molecular complexity index is 861. The summed E-state index contributed by atoms with van der Waals surface area (Å²) in [7, 11) is 1.60.